The number of rotatable bonds is 8. The van der Waals surface area contributed by atoms with Crippen LogP contribution in [0.25, 0.3) is 0 Å². The minimum atomic E-state index is -0.165. The lowest BCUT2D eigenvalue weighted by Crippen LogP contribution is -2.32. The number of hydrogen-bond acceptors (Lipinski definition) is 2. The molecular weight excluding hydrogens is 214 g/mol. The van der Waals surface area contributed by atoms with Gasteiger partial charge in [0.15, 0.2) is 0 Å². The normalized spacial score (nSPS) is 11.6. The van der Waals surface area contributed by atoms with E-state index in [9.17, 15) is 4.79 Å². The summed E-state index contributed by atoms with van der Waals surface area (Å²) in [4.78, 5) is 10.6. The zero-order chi connectivity index (χ0) is 12.5. The molecular formula is C14H19NO2. The Morgan fingerprint density at radius 2 is 2.18 bits per heavy atom. The molecule has 0 radical (unpaired) electrons. The fourth-order valence-corrected chi connectivity index (χ4v) is 1.53. The lowest BCUT2D eigenvalue weighted by atomic mass is 10.1. The van der Waals surface area contributed by atoms with E-state index in [0.717, 1.165) is 12.0 Å². The summed E-state index contributed by atoms with van der Waals surface area (Å²) in [5.41, 5.74) is 1.15. The van der Waals surface area contributed by atoms with Crippen molar-refractivity contribution in [2.45, 2.75) is 25.8 Å². The van der Waals surface area contributed by atoms with E-state index in [1.807, 2.05) is 37.3 Å². The maximum atomic E-state index is 10.6. The zero-order valence-corrected chi connectivity index (χ0v) is 10.2. The number of hydrogen-bond donors (Lipinski definition) is 1. The Morgan fingerprint density at radius 3 is 2.76 bits per heavy atom. The lowest BCUT2D eigenvalue weighted by Gasteiger charge is -2.19. The van der Waals surface area contributed by atoms with Gasteiger partial charge in [0.25, 0.3) is 0 Å². The highest BCUT2D eigenvalue weighted by atomic mass is 16.5. The van der Waals surface area contributed by atoms with Gasteiger partial charge >= 0.3 is 0 Å². The van der Waals surface area contributed by atoms with E-state index in [1.54, 1.807) is 0 Å². The average Bonchev–Trinajstić information content (AvgIpc) is 2.36. The van der Waals surface area contributed by atoms with Crippen molar-refractivity contribution in [3.05, 3.63) is 48.2 Å². The maximum Gasteiger partial charge on any atom is 0.207 e. The van der Waals surface area contributed by atoms with Gasteiger partial charge in [0.2, 0.25) is 6.41 Å². The molecule has 1 atom stereocenters. The Morgan fingerprint density at radius 1 is 1.47 bits per heavy atom. The highest BCUT2D eigenvalue weighted by molar-refractivity contribution is 5.48. The summed E-state index contributed by atoms with van der Waals surface area (Å²) in [6.45, 7) is 6.53. The fraction of sp³-hybridized carbons (Fsp3) is 0.357. The predicted octanol–water partition coefficient (Wildman–Crippen LogP) is 2.28. The van der Waals surface area contributed by atoms with Crippen LogP contribution in [0.15, 0.2) is 42.7 Å². The predicted molar refractivity (Wildman–Crippen MR) is 68.5 cm³/mol. The van der Waals surface area contributed by atoms with Gasteiger partial charge in [-0.1, -0.05) is 43.8 Å². The molecule has 0 aliphatic carbocycles. The quantitative estimate of drug-likeness (QED) is 0.552. The van der Waals surface area contributed by atoms with Gasteiger partial charge in [0.1, 0.15) is 5.76 Å². The van der Waals surface area contributed by atoms with Crippen LogP contribution in [0.4, 0.5) is 0 Å². The molecule has 3 nitrogen and oxygen atoms in total. The van der Waals surface area contributed by atoms with E-state index < -0.39 is 0 Å². The van der Waals surface area contributed by atoms with Crippen molar-refractivity contribution in [3.8, 4) is 0 Å². The first kappa shape index (κ1) is 13.3. The van der Waals surface area contributed by atoms with E-state index in [4.69, 9.17) is 4.74 Å². The van der Waals surface area contributed by atoms with E-state index in [-0.39, 0.29) is 6.04 Å². The third-order valence-corrected chi connectivity index (χ3v) is 2.43. The second-order valence-electron chi connectivity index (χ2n) is 3.84. The van der Waals surface area contributed by atoms with Gasteiger partial charge in [-0.2, -0.15) is 0 Å². The molecule has 0 aliphatic heterocycles. The minimum absolute atomic E-state index is 0.165. The first-order valence-electron chi connectivity index (χ1n) is 5.83. The van der Waals surface area contributed by atoms with Crippen LogP contribution < -0.4 is 5.32 Å². The summed E-state index contributed by atoms with van der Waals surface area (Å²) in [5, 5.41) is 2.73. The van der Waals surface area contributed by atoms with E-state index >= 15 is 0 Å². The minimum Gasteiger partial charge on any atom is -0.496 e. The molecule has 0 bridgehead atoms. The van der Waals surface area contributed by atoms with Crippen LogP contribution in [0.2, 0.25) is 0 Å². The topological polar surface area (TPSA) is 38.3 Å². The highest BCUT2D eigenvalue weighted by Crippen LogP contribution is 2.10. The van der Waals surface area contributed by atoms with Crippen LogP contribution in [0.3, 0.4) is 0 Å². The number of benzene rings is 1. The third kappa shape index (κ3) is 4.72. The average molecular weight is 233 g/mol. The molecule has 92 valence electrons. The van der Waals surface area contributed by atoms with Crippen LogP contribution in [-0.2, 0) is 16.0 Å². The van der Waals surface area contributed by atoms with E-state index in [0.29, 0.717) is 25.2 Å². The smallest absolute Gasteiger partial charge is 0.207 e. The van der Waals surface area contributed by atoms with Gasteiger partial charge in [0, 0.05) is 0 Å². The Bertz CT molecular complexity index is 348. The molecule has 1 N–H and O–H groups in total. The Balaban J connectivity index is 2.59. The first-order valence-corrected chi connectivity index (χ1v) is 5.83. The number of amides is 1. The van der Waals surface area contributed by atoms with Crippen molar-refractivity contribution in [1.82, 2.24) is 5.32 Å². The van der Waals surface area contributed by atoms with Crippen LogP contribution in [0.1, 0.15) is 18.9 Å². The summed E-state index contributed by atoms with van der Waals surface area (Å²) in [6.07, 6.45) is 2.31. The molecule has 0 fully saturated rings. The number of carbonyl (C=O) groups is 1. The number of carbonyl (C=O) groups excluding carboxylic acids is 1. The lowest BCUT2D eigenvalue weighted by molar-refractivity contribution is -0.110. The van der Waals surface area contributed by atoms with Crippen molar-refractivity contribution in [3.63, 3.8) is 0 Å². The first-order chi connectivity index (χ1) is 8.27. The third-order valence-electron chi connectivity index (χ3n) is 2.43. The van der Waals surface area contributed by atoms with Crippen molar-refractivity contribution >= 4 is 6.41 Å². The van der Waals surface area contributed by atoms with Crippen LogP contribution in [0.5, 0.6) is 0 Å². The molecule has 1 amide bonds. The van der Waals surface area contributed by atoms with Gasteiger partial charge in [-0.15, -0.1) is 0 Å². The fourth-order valence-electron chi connectivity index (χ4n) is 1.53. The van der Waals surface area contributed by atoms with Gasteiger partial charge in [-0.05, 0) is 18.4 Å². The van der Waals surface area contributed by atoms with Crippen LogP contribution in [0, 0.1) is 0 Å². The summed E-state index contributed by atoms with van der Waals surface area (Å²) >= 11 is 0. The molecule has 17 heavy (non-hydrogen) atoms. The standard InChI is InChI=1S/C14H19NO2/c1-3-9-17-12(2)14(15-11-16)10-13-7-5-4-6-8-13/h4-8,11,14H,2-3,9-10H2,1H3,(H,15,16). The monoisotopic (exact) mass is 233 g/mol. The molecule has 1 unspecified atom stereocenters. The molecule has 0 aliphatic rings. The number of nitrogens with one attached hydrogen (secondary N) is 1. The van der Waals surface area contributed by atoms with Gasteiger partial charge in [-0.25, -0.2) is 0 Å². The molecule has 1 aromatic rings. The maximum absolute atomic E-state index is 10.6. The Labute approximate surface area is 102 Å². The highest BCUT2D eigenvalue weighted by Gasteiger charge is 2.13. The Hall–Kier alpha value is -1.77. The molecule has 3 heteroatoms. The summed E-state index contributed by atoms with van der Waals surface area (Å²) < 4.78 is 5.46. The second-order valence-corrected chi connectivity index (χ2v) is 3.84. The van der Waals surface area contributed by atoms with E-state index in [2.05, 4.69) is 11.9 Å². The van der Waals surface area contributed by atoms with E-state index in [1.165, 1.54) is 0 Å². The number of ether oxygens (including phenoxy) is 1. The molecule has 0 saturated heterocycles. The summed E-state index contributed by atoms with van der Waals surface area (Å²) in [5.74, 6) is 0.614. The summed E-state index contributed by atoms with van der Waals surface area (Å²) in [6, 6.07) is 9.79. The summed E-state index contributed by atoms with van der Waals surface area (Å²) in [7, 11) is 0. The van der Waals surface area contributed by atoms with Crippen molar-refractivity contribution in [2.75, 3.05) is 6.61 Å². The molecule has 0 spiro atoms. The zero-order valence-electron chi connectivity index (χ0n) is 10.2. The molecule has 0 aromatic heterocycles. The molecule has 0 saturated carbocycles. The van der Waals surface area contributed by atoms with Gasteiger partial charge in [-0.3, -0.25) is 4.79 Å². The van der Waals surface area contributed by atoms with Gasteiger partial charge < -0.3 is 10.1 Å². The second kappa shape index (κ2) is 7.49. The molecule has 0 heterocycles. The van der Waals surface area contributed by atoms with Crippen LogP contribution in [-0.4, -0.2) is 19.1 Å². The SMILES string of the molecule is C=C(OCCC)C(Cc1ccccc1)NC=O. The van der Waals surface area contributed by atoms with Gasteiger partial charge in [0.05, 0.1) is 12.6 Å². The van der Waals surface area contributed by atoms with Crippen molar-refractivity contribution < 1.29 is 9.53 Å². The molecule has 1 rings (SSSR count). The molecule has 1 aromatic carbocycles. The van der Waals surface area contributed by atoms with Crippen molar-refractivity contribution in [2.24, 2.45) is 0 Å². The Kier molecular flexibility index (Phi) is 5.86. The largest absolute Gasteiger partial charge is 0.496 e. The van der Waals surface area contributed by atoms with Crippen LogP contribution >= 0.6 is 0 Å². The van der Waals surface area contributed by atoms with Crippen molar-refractivity contribution in [1.29, 1.82) is 0 Å².